The highest BCUT2D eigenvalue weighted by Gasteiger charge is 2.27. The van der Waals surface area contributed by atoms with Gasteiger partial charge in [-0.1, -0.05) is 30.3 Å². The monoisotopic (exact) mass is 325 g/mol. The zero-order chi connectivity index (χ0) is 16.9. The van der Waals surface area contributed by atoms with Crippen LogP contribution in [0.2, 0.25) is 0 Å². The number of likely N-dealkylation sites (N-methyl/N-ethyl adjacent to an activating group) is 1. The molecule has 0 saturated heterocycles. The van der Waals surface area contributed by atoms with E-state index in [1.165, 1.54) is 22.4 Å². The minimum Gasteiger partial charge on any atom is -0.497 e. The van der Waals surface area contributed by atoms with Crippen LogP contribution >= 0.6 is 0 Å². The SMILES string of the molecule is COc1cccc(NC(=O)C[NH+](C)[C@H]2CCCc3ccccc32)c1. The number of carbonyl (C=O) groups is 1. The number of quaternary nitrogens is 1. The number of hydrogen-bond donors (Lipinski definition) is 2. The number of rotatable bonds is 5. The Morgan fingerprint density at radius 1 is 1.25 bits per heavy atom. The smallest absolute Gasteiger partial charge is 0.279 e. The van der Waals surface area contributed by atoms with Gasteiger partial charge in [0.2, 0.25) is 0 Å². The number of amides is 1. The molecule has 0 aliphatic heterocycles. The first-order chi connectivity index (χ1) is 11.7. The summed E-state index contributed by atoms with van der Waals surface area (Å²) in [5, 5.41) is 2.97. The van der Waals surface area contributed by atoms with Crippen LogP contribution in [0.25, 0.3) is 0 Å². The molecule has 2 aromatic carbocycles. The van der Waals surface area contributed by atoms with Crippen LogP contribution in [0.15, 0.2) is 48.5 Å². The summed E-state index contributed by atoms with van der Waals surface area (Å²) < 4.78 is 5.20. The molecule has 0 radical (unpaired) electrons. The maximum Gasteiger partial charge on any atom is 0.279 e. The summed E-state index contributed by atoms with van der Waals surface area (Å²) in [6.07, 6.45) is 3.47. The Labute approximate surface area is 143 Å². The van der Waals surface area contributed by atoms with E-state index in [1.54, 1.807) is 7.11 Å². The molecule has 0 fully saturated rings. The predicted molar refractivity (Wildman–Crippen MR) is 95.5 cm³/mol. The van der Waals surface area contributed by atoms with Crippen molar-refractivity contribution < 1.29 is 14.4 Å². The Kier molecular flexibility index (Phi) is 5.16. The van der Waals surface area contributed by atoms with Gasteiger partial charge in [0.05, 0.1) is 14.2 Å². The van der Waals surface area contributed by atoms with Crippen molar-refractivity contribution in [3.63, 3.8) is 0 Å². The fourth-order valence-electron chi connectivity index (χ4n) is 3.55. The molecule has 0 bridgehead atoms. The fraction of sp³-hybridized carbons (Fsp3) is 0.350. The molecule has 2 atom stereocenters. The summed E-state index contributed by atoms with van der Waals surface area (Å²) in [5.41, 5.74) is 3.60. The van der Waals surface area contributed by atoms with Crippen LogP contribution < -0.4 is 15.0 Å². The van der Waals surface area contributed by atoms with Crippen LogP contribution in [0.3, 0.4) is 0 Å². The third kappa shape index (κ3) is 3.77. The molecule has 1 unspecified atom stereocenters. The second-order valence-corrected chi connectivity index (χ2v) is 6.45. The highest BCUT2D eigenvalue weighted by molar-refractivity contribution is 5.91. The van der Waals surface area contributed by atoms with E-state index >= 15 is 0 Å². The molecule has 0 spiro atoms. The van der Waals surface area contributed by atoms with Crippen molar-refractivity contribution in [1.82, 2.24) is 0 Å². The van der Waals surface area contributed by atoms with Crippen molar-refractivity contribution in [3.8, 4) is 5.75 Å². The second kappa shape index (κ2) is 7.49. The van der Waals surface area contributed by atoms with Gasteiger partial charge in [-0.05, 0) is 30.5 Å². The molecule has 1 aliphatic rings. The molecule has 1 amide bonds. The lowest BCUT2D eigenvalue weighted by molar-refractivity contribution is -0.905. The van der Waals surface area contributed by atoms with Gasteiger partial charge in [0.25, 0.3) is 5.91 Å². The normalized spacial score (nSPS) is 17.7. The number of methoxy groups -OCH3 is 1. The third-order valence-electron chi connectivity index (χ3n) is 4.76. The first-order valence-electron chi connectivity index (χ1n) is 8.51. The summed E-state index contributed by atoms with van der Waals surface area (Å²) in [5.74, 6) is 0.776. The quantitative estimate of drug-likeness (QED) is 0.885. The number of nitrogens with one attached hydrogen (secondary N) is 2. The van der Waals surface area contributed by atoms with E-state index in [-0.39, 0.29) is 5.91 Å². The summed E-state index contributed by atoms with van der Waals surface area (Å²) in [6.45, 7) is 0.455. The Bertz CT molecular complexity index is 714. The molecule has 2 aromatic rings. The van der Waals surface area contributed by atoms with Gasteiger partial charge in [0, 0.05) is 23.7 Å². The Hall–Kier alpha value is -2.33. The van der Waals surface area contributed by atoms with Gasteiger partial charge < -0.3 is 15.0 Å². The average molecular weight is 325 g/mol. The maximum atomic E-state index is 12.4. The van der Waals surface area contributed by atoms with Gasteiger partial charge in [0.15, 0.2) is 6.54 Å². The zero-order valence-electron chi connectivity index (χ0n) is 14.3. The molecule has 0 saturated carbocycles. The van der Waals surface area contributed by atoms with Crippen molar-refractivity contribution in [2.75, 3.05) is 26.0 Å². The number of benzene rings is 2. The van der Waals surface area contributed by atoms with Gasteiger partial charge in [-0.3, -0.25) is 4.79 Å². The van der Waals surface area contributed by atoms with Gasteiger partial charge in [-0.2, -0.15) is 0 Å². The lowest BCUT2D eigenvalue weighted by Crippen LogP contribution is -3.10. The summed E-state index contributed by atoms with van der Waals surface area (Å²) in [4.78, 5) is 13.6. The van der Waals surface area contributed by atoms with E-state index in [9.17, 15) is 4.79 Å². The van der Waals surface area contributed by atoms with Crippen LogP contribution in [-0.4, -0.2) is 26.6 Å². The topological polar surface area (TPSA) is 42.8 Å². The summed E-state index contributed by atoms with van der Waals surface area (Å²) in [7, 11) is 3.73. The van der Waals surface area contributed by atoms with E-state index in [0.29, 0.717) is 12.6 Å². The van der Waals surface area contributed by atoms with Gasteiger partial charge in [-0.25, -0.2) is 0 Å². The summed E-state index contributed by atoms with van der Waals surface area (Å²) >= 11 is 0. The van der Waals surface area contributed by atoms with E-state index in [4.69, 9.17) is 4.74 Å². The predicted octanol–water partition coefficient (Wildman–Crippen LogP) is 2.23. The molecular weight excluding hydrogens is 300 g/mol. The molecule has 4 heteroatoms. The average Bonchev–Trinajstić information content (AvgIpc) is 2.61. The van der Waals surface area contributed by atoms with E-state index in [2.05, 4.69) is 36.6 Å². The summed E-state index contributed by atoms with van der Waals surface area (Å²) in [6, 6.07) is 16.5. The number of fused-ring (bicyclic) bond motifs is 1. The van der Waals surface area contributed by atoms with E-state index in [0.717, 1.165) is 24.3 Å². The van der Waals surface area contributed by atoms with Crippen LogP contribution in [0.5, 0.6) is 5.75 Å². The first-order valence-corrected chi connectivity index (χ1v) is 8.51. The van der Waals surface area contributed by atoms with Gasteiger partial charge in [-0.15, -0.1) is 0 Å². The molecule has 4 nitrogen and oxygen atoms in total. The van der Waals surface area contributed by atoms with E-state index < -0.39 is 0 Å². The fourth-order valence-corrected chi connectivity index (χ4v) is 3.55. The van der Waals surface area contributed by atoms with Crippen molar-refractivity contribution in [2.24, 2.45) is 0 Å². The lowest BCUT2D eigenvalue weighted by Gasteiger charge is -2.30. The number of carbonyl (C=O) groups excluding carboxylic acids is 1. The molecule has 2 N–H and O–H groups in total. The van der Waals surface area contributed by atoms with Crippen molar-refractivity contribution in [1.29, 1.82) is 0 Å². The minimum atomic E-state index is 0.0313. The molecular formula is C20H25N2O2+. The maximum absolute atomic E-state index is 12.4. The lowest BCUT2D eigenvalue weighted by atomic mass is 9.87. The number of ether oxygens (including phenoxy) is 1. The van der Waals surface area contributed by atoms with Crippen molar-refractivity contribution in [3.05, 3.63) is 59.7 Å². The van der Waals surface area contributed by atoms with E-state index in [1.807, 2.05) is 24.3 Å². The molecule has 24 heavy (non-hydrogen) atoms. The van der Waals surface area contributed by atoms with Gasteiger partial charge in [0.1, 0.15) is 11.8 Å². The first kappa shape index (κ1) is 16.5. The Morgan fingerprint density at radius 3 is 2.92 bits per heavy atom. The number of aryl methyl sites for hydroxylation is 1. The van der Waals surface area contributed by atoms with Gasteiger partial charge >= 0.3 is 0 Å². The largest absolute Gasteiger partial charge is 0.497 e. The molecule has 0 aromatic heterocycles. The van der Waals surface area contributed by atoms with Crippen LogP contribution in [0.1, 0.15) is 30.0 Å². The molecule has 126 valence electrons. The van der Waals surface area contributed by atoms with Crippen LogP contribution in [-0.2, 0) is 11.2 Å². The second-order valence-electron chi connectivity index (χ2n) is 6.45. The van der Waals surface area contributed by atoms with Crippen LogP contribution in [0, 0.1) is 0 Å². The van der Waals surface area contributed by atoms with Crippen molar-refractivity contribution in [2.45, 2.75) is 25.3 Å². The highest BCUT2D eigenvalue weighted by Crippen LogP contribution is 2.27. The minimum absolute atomic E-state index is 0.0313. The third-order valence-corrected chi connectivity index (χ3v) is 4.76. The standard InChI is InChI=1S/C20H24N2O2/c1-22(19-12-5-8-15-7-3-4-11-18(15)19)14-20(23)21-16-9-6-10-17(13-16)24-2/h3-4,6-7,9-11,13,19H,5,8,12,14H2,1-2H3,(H,21,23)/p+1/t19-/m0/s1. The Balaban J connectivity index is 1.64. The highest BCUT2D eigenvalue weighted by atomic mass is 16.5. The van der Waals surface area contributed by atoms with Crippen molar-refractivity contribution >= 4 is 11.6 Å². The number of anilines is 1. The Morgan fingerprint density at radius 2 is 2.08 bits per heavy atom. The number of hydrogen-bond acceptors (Lipinski definition) is 2. The van der Waals surface area contributed by atoms with Crippen LogP contribution in [0.4, 0.5) is 5.69 Å². The molecule has 1 aliphatic carbocycles. The zero-order valence-corrected chi connectivity index (χ0v) is 14.3. The molecule has 3 rings (SSSR count). The molecule has 0 heterocycles.